The highest BCUT2D eigenvalue weighted by Crippen LogP contribution is 2.27. The summed E-state index contributed by atoms with van der Waals surface area (Å²) < 4.78 is 5.84. The topological polar surface area (TPSA) is 59.9 Å². The fraction of sp³-hybridized carbons (Fsp3) is 0.133. The summed E-state index contributed by atoms with van der Waals surface area (Å²) >= 11 is 0. The number of hydrogen-bond acceptors (Lipinski definition) is 5. The van der Waals surface area contributed by atoms with Crippen molar-refractivity contribution in [2.75, 3.05) is 7.05 Å². The van der Waals surface area contributed by atoms with E-state index in [0.717, 1.165) is 22.3 Å². The zero-order valence-electron chi connectivity index (χ0n) is 11.1. The molecule has 0 saturated heterocycles. The SMILES string of the molecule is CNCc1cncc(Oc2cccc3ncccc23)n1. The lowest BCUT2D eigenvalue weighted by Gasteiger charge is -2.08. The van der Waals surface area contributed by atoms with Crippen molar-refractivity contribution in [2.45, 2.75) is 6.54 Å². The largest absolute Gasteiger partial charge is 0.437 e. The van der Waals surface area contributed by atoms with Gasteiger partial charge in [-0.15, -0.1) is 0 Å². The first-order valence-electron chi connectivity index (χ1n) is 6.34. The molecular formula is C15H14N4O. The van der Waals surface area contributed by atoms with Crippen molar-refractivity contribution in [3.05, 3.63) is 54.6 Å². The number of rotatable bonds is 4. The number of nitrogens with one attached hydrogen (secondary N) is 1. The van der Waals surface area contributed by atoms with Gasteiger partial charge in [-0.1, -0.05) is 6.07 Å². The van der Waals surface area contributed by atoms with Crippen LogP contribution in [0, 0.1) is 0 Å². The highest BCUT2D eigenvalue weighted by atomic mass is 16.5. The molecule has 2 aromatic heterocycles. The molecule has 0 atom stereocenters. The number of benzene rings is 1. The van der Waals surface area contributed by atoms with Gasteiger partial charge in [-0.05, 0) is 31.3 Å². The van der Waals surface area contributed by atoms with E-state index in [4.69, 9.17) is 4.74 Å². The molecule has 3 aromatic rings. The molecule has 5 heteroatoms. The first-order valence-corrected chi connectivity index (χ1v) is 6.34. The van der Waals surface area contributed by atoms with Crippen LogP contribution in [0.1, 0.15) is 5.69 Å². The van der Waals surface area contributed by atoms with E-state index in [2.05, 4.69) is 20.3 Å². The summed E-state index contributed by atoms with van der Waals surface area (Å²) in [5.41, 5.74) is 1.73. The fourth-order valence-corrected chi connectivity index (χ4v) is 1.98. The minimum Gasteiger partial charge on any atom is -0.437 e. The molecule has 0 bridgehead atoms. The minimum absolute atomic E-state index is 0.481. The Morgan fingerprint density at radius 2 is 2.10 bits per heavy atom. The molecule has 20 heavy (non-hydrogen) atoms. The Morgan fingerprint density at radius 3 is 3.00 bits per heavy atom. The average Bonchev–Trinajstić information content (AvgIpc) is 2.48. The second kappa shape index (κ2) is 5.63. The molecule has 100 valence electrons. The molecule has 3 rings (SSSR count). The first-order chi connectivity index (χ1) is 9.86. The van der Waals surface area contributed by atoms with Crippen molar-refractivity contribution in [3.63, 3.8) is 0 Å². The third kappa shape index (κ3) is 2.57. The van der Waals surface area contributed by atoms with Crippen LogP contribution < -0.4 is 10.1 Å². The van der Waals surface area contributed by atoms with Crippen molar-refractivity contribution in [1.29, 1.82) is 0 Å². The van der Waals surface area contributed by atoms with E-state index in [1.165, 1.54) is 0 Å². The first kappa shape index (κ1) is 12.5. The number of nitrogens with zero attached hydrogens (tertiary/aromatic N) is 3. The maximum absolute atomic E-state index is 5.84. The third-order valence-corrected chi connectivity index (χ3v) is 2.84. The zero-order chi connectivity index (χ0) is 13.8. The molecule has 0 amide bonds. The maximum Gasteiger partial charge on any atom is 0.238 e. The lowest BCUT2D eigenvalue weighted by atomic mass is 10.2. The number of pyridine rings is 1. The van der Waals surface area contributed by atoms with Gasteiger partial charge in [0.1, 0.15) is 5.75 Å². The molecule has 5 nitrogen and oxygen atoms in total. The summed E-state index contributed by atoms with van der Waals surface area (Å²) in [4.78, 5) is 12.8. The molecular weight excluding hydrogens is 252 g/mol. The normalized spacial score (nSPS) is 10.7. The molecule has 0 aliphatic carbocycles. The lowest BCUT2D eigenvalue weighted by Crippen LogP contribution is -2.07. The van der Waals surface area contributed by atoms with Crippen LogP contribution in [-0.4, -0.2) is 22.0 Å². The minimum atomic E-state index is 0.481. The van der Waals surface area contributed by atoms with Crippen LogP contribution in [-0.2, 0) is 6.54 Å². The van der Waals surface area contributed by atoms with E-state index in [0.29, 0.717) is 12.4 Å². The predicted molar refractivity (Wildman–Crippen MR) is 76.6 cm³/mol. The van der Waals surface area contributed by atoms with Gasteiger partial charge in [-0.3, -0.25) is 9.97 Å². The second-order valence-corrected chi connectivity index (χ2v) is 4.31. The van der Waals surface area contributed by atoms with E-state index in [9.17, 15) is 0 Å². The number of fused-ring (bicyclic) bond motifs is 1. The van der Waals surface area contributed by atoms with Gasteiger partial charge >= 0.3 is 0 Å². The molecule has 0 saturated carbocycles. The number of ether oxygens (including phenoxy) is 1. The van der Waals surface area contributed by atoms with Gasteiger partial charge in [-0.2, -0.15) is 0 Å². The lowest BCUT2D eigenvalue weighted by molar-refractivity contribution is 0.462. The average molecular weight is 266 g/mol. The van der Waals surface area contributed by atoms with E-state index < -0.39 is 0 Å². The Bertz CT molecular complexity index is 724. The van der Waals surface area contributed by atoms with Gasteiger partial charge in [0.25, 0.3) is 0 Å². The highest BCUT2D eigenvalue weighted by Gasteiger charge is 2.05. The maximum atomic E-state index is 5.84. The summed E-state index contributed by atoms with van der Waals surface area (Å²) in [6, 6.07) is 9.62. The van der Waals surface area contributed by atoms with E-state index in [1.54, 1.807) is 18.6 Å². The highest BCUT2D eigenvalue weighted by molar-refractivity contribution is 5.85. The summed E-state index contributed by atoms with van der Waals surface area (Å²) in [7, 11) is 1.87. The van der Waals surface area contributed by atoms with Crippen LogP contribution >= 0.6 is 0 Å². The Kier molecular flexibility index (Phi) is 3.52. The van der Waals surface area contributed by atoms with E-state index >= 15 is 0 Å². The molecule has 0 unspecified atom stereocenters. The fourth-order valence-electron chi connectivity index (χ4n) is 1.98. The third-order valence-electron chi connectivity index (χ3n) is 2.84. The Morgan fingerprint density at radius 1 is 1.15 bits per heavy atom. The van der Waals surface area contributed by atoms with Crippen LogP contribution in [0.3, 0.4) is 0 Å². The van der Waals surface area contributed by atoms with Crippen molar-refractivity contribution in [2.24, 2.45) is 0 Å². The monoisotopic (exact) mass is 266 g/mol. The molecule has 0 fully saturated rings. The zero-order valence-corrected chi connectivity index (χ0v) is 11.1. The molecule has 0 spiro atoms. The van der Waals surface area contributed by atoms with Crippen molar-refractivity contribution in [1.82, 2.24) is 20.3 Å². The van der Waals surface area contributed by atoms with Crippen LogP contribution in [0.2, 0.25) is 0 Å². The van der Waals surface area contributed by atoms with Gasteiger partial charge in [0.2, 0.25) is 5.88 Å². The Hall–Kier alpha value is -2.53. The number of aromatic nitrogens is 3. The summed E-state index contributed by atoms with van der Waals surface area (Å²) in [5.74, 6) is 1.21. The van der Waals surface area contributed by atoms with Crippen LogP contribution in [0.4, 0.5) is 0 Å². The Balaban J connectivity index is 1.95. The van der Waals surface area contributed by atoms with Gasteiger partial charge in [0.05, 0.1) is 17.4 Å². The van der Waals surface area contributed by atoms with Crippen molar-refractivity contribution >= 4 is 10.9 Å². The molecule has 0 aliphatic heterocycles. The van der Waals surface area contributed by atoms with E-state index in [1.807, 2.05) is 37.4 Å². The summed E-state index contributed by atoms with van der Waals surface area (Å²) in [5, 5.41) is 3.99. The predicted octanol–water partition coefficient (Wildman–Crippen LogP) is 2.54. The quantitative estimate of drug-likeness (QED) is 0.786. The summed E-state index contributed by atoms with van der Waals surface area (Å²) in [6.45, 7) is 0.654. The van der Waals surface area contributed by atoms with Gasteiger partial charge in [0, 0.05) is 24.3 Å². The smallest absolute Gasteiger partial charge is 0.238 e. The standard InChI is InChI=1S/C15H14N4O/c1-16-8-11-9-17-10-15(19-11)20-14-6-2-5-13-12(14)4-3-7-18-13/h2-7,9-10,16H,8H2,1H3. The molecule has 2 heterocycles. The van der Waals surface area contributed by atoms with Gasteiger partial charge < -0.3 is 10.1 Å². The van der Waals surface area contributed by atoms with Crippen LogP contribution in [0.25, 0.3) is 10.9 Å². The van der Waals surface area contributed by atoms with E-state index in [-0.39, 0.29) is 0 Å². The van der Waals surface area contributed by atoms with Crippen LogP contribution in [0.5, 0.6) is 11.6 Å². The summed E-state index contributed by atoms with van der Waals surface area (Å²) in [6.07, 6.45) is 5.09. The van der Waals surface area contributed by atoms with Crippen molar-refractivity contribution in [3.8, 4) is 11.6 Å². The van der Waals surface area contributed by atoms with Gasteiger partial charge in [-0.25, -0.2) is 4.98 Å². The molecule has 1 aromatic carbocycles. The molecule has 0 aliphatic rings. The van der Waals surface area contributed by atoms with Gasteiger partial charge in [0.15, 0.2) is 0 Å². The number of hydrogen-bond donors (Lipinski definition) is 1. The van der Waals surface area contributed by atoms with Crippen LogP contribution in [0.15, 0.2) is 48.9 Å². The second-order valence-electron chi connectivity index (χ2n) is 4.31. The molecule has 0 radical (unpaired) electrons. The Labute approximate surface area is 116 Å². The molecule has 1 N–H and O–H groups in total. The van der Waals surface area contributed by atoms with Crippen molar-refractivity contribution < 1.29 is 4.74 Å².